The summed E-state index contributed by atoms with van der Waals surface area (Å²) in [7, 11) is 0. The molecule has 0 bridgehead atoms. The highest BCUT2D eigenvalue weighted by atomic mass is 32.2. The summed E-state index contributed by atoms with van der Waals surface area (Å²) in [4.78, 5) is 35.3. The van der Waals surface area contributed by atoms with Crippen molar-refractivity contribution in [3.8, 4) is 5.75 Å². The number of thioether (sulfide) groups is 1. The number of hydrogen-bond donors (Lipinski definition) is 3. The van der Waals surface area contributed by atoms with Crippen LogP contribution in [0.4, 0.5) is 0 Å². The quantitative estimate of drug-likeness (QED) is 0.546. The highest BCUT2D eigenvalue weighted by Gasteiger charge is 2.27. The molecule has 1 atom stereocenters. The number of carboxylic acid groups (broad SMARTS) is 1. The molecule has 0 radical (unpaired) electrons. The van der Waals surface area contributed by atoms with E-state index in [0.29, 0.717) is 37.2 Å². The number of amides is 2. The van der Waals surface area contributed by atoms with Crippen LogP contribution < -0.4 is 15.4 Å². The fourth-order valence-electron chi connectivity index (χ4n) is 3.62. The summed E-state index contributed by atoms with van der Waals surface area (Å²) in [6, 6.07) is 6.92. The molecular formula is C22H28N2O5S. The molecule has 1 aliphatic carbocycles. The van der Waals surface area contributed by atoms with Gasteiger partial charge in [-0.2, -0.15) is 0 Å². The van der Waals surface area contributed by atoms with Gasteiger partial charge in [0, 0.05) is 18.7 Å². The number of allylic oxidation sites excluding steroid dienone is 1. The van der Waals surface area contributed by atoms with E-state index in [1.54, 1.807) is 24.3 Å². The van der Waals surface area contributed by atoms with Crippen molar-refractivity contribution in [2.45, 2.75) is 50.4 Å². The Morgan fingerprint density at radius 2 is 1.73 bits per heavy atom. The van der Waals surface area contributed by atoms with Gasteiger partial charge >= 0.3 is 5.97 Å². The van der Waals surface area contributed by atoms with Crippen molar-refractivity contribution in [1.82, 2.24) is 10.6 Å². The lowest BCUT2D eigenvalue weighted by molar-refractivity contribution is -0.143. The van der Waals surface area contributed by atoms with Gasteiger partial charge in [0.05, 0.1) is 17.3 Å². The maximum absolute atomic E-state index is 12.3. The van der Waals surface area contributed by atoms with Crippen molar-refractivity contribution in [3.63, 3.8) is 0 Å². The van der Waals surface area contributed by atoms with Crippen molar-refractivity contribution >= 4 is 29.5 Å². The first-order valence-electron chi connectivity index (χ1n) is 10.3. The highest BCUT2D eigenvalue weighted by Crippen LogP contribution is 2.29. The van der Waals surface area contributed by atoms with Crippen molar-refractivity contribution in [2.75, 3.05) is 13.1 Å². The third-order valence-corrected chi connectivity index (χ3v) is 6.63. The predicted molar refractivity (Wildman–Crippen MR) is 116 cm³/mol. The van der Waals surface area contributed by atoms with Crippen LogP contribution in [0.15, 0.2) is 35.2 Å². The van der Waals surface area contributed by atoms with Gasteiger partial charge in [0.1, 0.15) is 5.75 Å². The lowest BCUT2D eigenvalue weighted by atomic mass is 9.87. The predicted octanol–water partition coefficient (Wildman–Crippen LogP) is 2.96. The molecule has 3 rings (SSSR count). The number of benzene rings is 1. The van der Waals surface area contributed by atoms with E-state index < -0.39 is 5.97 Å². The van der Waals surface area contributed by atoms with Crippen LogP contribution in [0.25, 0.3) is 0 Å². The first kappa shape index (κ1) is 22.2. The topological polar surface area (TPSA) is 105 Å². The maximum atomic E-state index is 12.3. The SMILES string of the molecule is CC1=CSC(C(=O)NCCNC(=O)c2ccc(O[C@H]3CC[C@@H](C(=O)O)CC3)cc2)C1. The highest BCUT2D eigenvalue weighted by molar-refractivity contribution is 8.03. The first-order chi connectivity index (χ1) is 14.4. The van der Waals surface area contributed by atoms with Crippen LogP contribution in [0.1, 0.15) is 49.4 Å². The summed E-state index contributed by atoms with van der Waals surface area (Å²) in [5.74, 6) is -0.520. The average Bonchev–Trinajstić information content (AvgIpc) is 3.18. The van der Waals surface area contributed by atoms with E-state index >= 15 is 0 Å². The molecule has 1 aliphatic heterocycles. The van der Waals surface area contributed by atoms with E-state index in [1.165, 1.54) is 17.3 Å². The molecule has 0 spiro atoms. The minimum Gasteiger partial charge on any atom is -0.490 e. The second-order valence-electron chi connectivity index (χ2n) is 7.79. The van der Waals surface area contributed by atoms with Crippen molar-refractivity contribution in [2.24, 2.45) is 5.92 Å². The molecule has 1 aromatic carbocycles. The Labute approximate surface area is 180 Å². The van der Waals surface area contributed by atoms with Crippen LogP contribution in [-0.2, 0) is 9.59 Å². The molecular weight excluding hydrogens is 404 g/mol. The number of carboxylic acids is 1. The zero-order valence-corrected chi connectivity index (χ0v) is 17.9. The van der Waals surface area contributed by atoms with Crippen molar-refractivity contribution in [1.29, 1.82) is 0 Å². The number of carbonyl (C=O) groups is 3. The summed E-state index contributed by atoms with van der Waals surface area (Å²) in [6.07, 6.45) is 3.50. The van der Waals surface area contributed by atoms with Crippen LogP contribution in [0.5, 0.6) is 5.75 Å². The van der Waals surface area contributed by atoms with Gasteiger partial charge in [0.2, 0.25) is 5.91 Å². The summed E-state index contributed by atoms with van der Waals surface area (Å²) >= 11 is 1.54. The van der Waals surface area contributed by atoms with Crippen LogP contribution in [0.2, 0.25) is 0 Å². The molecule has 0 aromatic heterocycles. The molecule has 0 saturated heterocycles. The van der Waals surface area contributed by atoms with E-state index in [1.807, 2.05) is 12.3 Å². The third kappa shape index (κ3) is 6.26. The monoisotopic (exact) mass is 432 g/mol. The Morgan fingerprint density at radius 3 is 2.33 bits per heavy atom. The Bertz CT molecular complexity index is 800. The second kappa shape index (κ2) is 10.5. The Hall–Kier alpha value is -2.48. The standard InChI is InChI=1S/C22H28N2O5S/c1-14-12-19(30-13-14)21(26)24-11-10-23-20(25)15-2-6-17(7-3-15)29-18-8-4-16(5-9-18)22(27)28/h2-3,6-7,13,16,18-19H,4-5,8-12H2,1H3,(H,23,25)(H,24,26)(H,27,28)/t16-,18+,19?. The third-order valence-electron chi connectivity index (χ3n) is 5.39. The molecule has 162 valence electrons. The van der Waals surface area contributed by atoms with Crippen LogP contribution in [0, 0.1) is 5.92 Å². The summed E-state index contributed by atoms with van der Waals surface area (Å²) in [5.41, 5.74) is 1.74. The Morgan fingerprint density at radius 1 is 1.07 bits per heavy atom. The fraction of sp³-hybridized carbons (Fsp3) is 0.500. The van der Waals surface area contributed by atoms with Gasteiger partial charge in [-0.15, -0.1) is 11.8 Å². The van der Waals surface area contributed by atoms with Crippen LogP contribution in [0.3, 0.4) is 0 Å². The van der Waals surface area contributed by atoms with Gasteiger partial charge in [-0.3, -0.25) is 14.4 Å². The normalized spacial score (nSPS) is 23.4. The van der Waals surface area contributed by atoms with Gasteiger partial charge in [-0.1, -0.05) is 5.57 Å². The molecule has 2 amide bonds. The largest absolute Gasteiger partial charge is 0.490 e. The molecule has 1 aromatic rings. The second-order valence-corrected chi connectivity index (χ2v) is 8.87. The van der Waals surface area contributed by atoms with Crippen LogP contribution in [-0.4, -0.2) is 47.3 Å². The van der Waals surface area contributed by atoms with Crippen molar-refractivity contribution < 1.29 is 24.2 Å². The number of aliphatic carboxylic acids is 1. The van der Waals surface area contributed by atoms with E-state index in [0.717, 1.165) is 19.3 Å². The number of rotatable bonds is 8. The number of ether oxygens (including phenoxy) is 1. The van der Waals surface area contributed by atoms with Gasteiger partial charge in [0.15, 0.2) is 0 Å². The fourth-order valence-corrected chi connectivity index (χ4v) is 4.68. The minimum atomic E-state index is -0.729. The summed E-state index contributed by atoms with van der Waals surface area (Å²) < 4.78 is 5.92. The summed E-state index contributed by atoms with van der Waals surface area (Å²) in [6.45, 7) is 2.76. The Kier molecular flexibility index (Phi) is 7.79. The van der Waals surface area contributed by atoms with E-state index in [2.05, 4.69) is 10.6 Å². The lowest BCUT2D eigenvalue weighted by Crippen LogP contribution is -2.38. The zero-order valence-electron chi connectivity index (χ0n) is 17.1. The van der Waals surface area contributed by atoms with E-state index in [4.69, 9.17) is 9.84 Å². The minimum absolute atomic E-state index is 0.00115. The van der Waals surface area contributed by atoms with Gasteiger partial charge in [-0.05, 0) is 68.7 Å². The Balaban J connectivity index is 1.35. The molecule has 8 heteroatoms. The van der Waals surface area contributed by atoms with Gasteiger partial charge < -0.3 is 20.5 Å². The molecule has 1 saturated carbocycles. The van der Waals surface area contributed by atoms with E-state index in [9.17, 15) is 14.4 Å². The van der Waals surface area contributed by atoms with Gasteiger partial charge in [0.25, 0.3) is 5.91 Å². The molecule has 1 fully saturated rings. The van der Waals surface area contributed by atoms with E-state index in [-0.39, 0.29) is 29.1 Å². The molecule has 3 N–H and O–H groups in total. The van der Waals surface area contributed by atoms with Gasteiger partial charge in [-0.25, -0.2) is 0 Å². The zero-order chi connectivity index (χ0) is 21.5. The number of hydrogen-bond acceptors (Lipinski definition) is 5. The van der Waals surface area contributed by atoms with Crippen LogP contribution >= 0.6 is 11.8 Å². The first-order valence-corrected chi connectivity index (χ1v) is 11.2. The molecule has 1 heterocycles. The maximum Gasteiger partial charge on any atom is 0.306 e. The molecule has 30 heavy (non-hydrogen) atoms. The smallest absolute Gasteiger partial charge is 0.306 e. The molecule has 7 nitrogen and oxygen atoms in total. The molecule has 1 unspecified atom stereocenters. The van der Waals surface area contributed by atoms with Crippen molar-refractivity contribution in [3.05, 3.63) is 40.8 Å². The number of carbonyl (C=O) groups excluding carboxylic acids is 2. The lowest BCUT2D eigenvalue weighted by Gasteiger charge is -2.26. The average molecular weight is 433 g/mol. The number of nitrogens with one attached hydrogen (secondary N) is 2. The molecule has 2 aliphatic rings. The summed E-state index contributed by atoms with van der Waals surface area (Å²) in [5, 5.41) is 16.7.